The first-order chi connectivity index (χ1) is 6.85. The standard InChI is InChI=1S/C11H20ClNO2/c1-5-10(3,4)13-7-11(12,8-13)9(14)15-6-2/h5-8H2,1-4H3. The molecule has 0 N–H and O–H groups in total. The summed E-state index contributed by atoms with van der Waals surface area (Å²) < 4.78 is 4.95. The molecule has 0 aromatic heterocycles. The molecule has 0 atom stereocenters. The quantitative estimate of drug-likeness (QED) is 0.550. The SMILES string of the molecule is CCOC(=O)C1(Cl)CN(C(C)(C)CC)C1. The Balaban J connectivity index is 2.51. The van der Waals surface area contributed by atoms with Gasteiger partial charge in [0.05, 0.1) is 6.61 Å². The number of nitrogens with zero attached hydrogens (tertiary/aromatic N) is 1. The predicted octanol–water partition coefficient (Wildman–Crippen LogP) is 2.03. The first kappa shape index (κ1) is 12.8. The zero-order chi connectivity index (χ0) is 11.7. The van der Waals surface area contributed by atoms with Crippen LogP contribution in [0.5, 0.6) is 0 Å². The molecule has 1 aliphatic rings. The van der Waals surface area contributed by atoms with Gasteiger partial charge in [-0.05, 0) is 27.2 Å². The number of alkyl halides is 1. The van der Waals surface area contributed by atoms with Gasteiger partial charge in [-0.2, -0.15) is 0 Å². The first-order valence-electron chi connectivity index (χ1n) is 5.47. The Morgan fingerprint density at radius 1 is 1.47 bits per heavy atom. The van der Waals surface area contributed by atoms with Crippen LogP contribution in [-0.2, 0) is 9.53 Å². The summed E-state index contributed by atoms with van der Waals surface area (Å²) >= 11 is 6.18. The highest BCUT2D eigenvalue weighted by atomic mass is 35.5. The van der Waals surface area contributed by atoms with Crippen molar-refractivity contribution >= 4 is 17.6 Å². The summed E-state index contributed by atoms with van der Waals surface area (Å²) in [5, 5.41) is 0. The lowest BCUT2D eigenvalue weighted by Gasteiger charge is -2.51. The number of halogens is 1. The molecular weight excluding hydrogens is 214 g/mol. The van der Waals surface area contributed by atoms with E-state index in [1.54, 1.807) is 6.92 Å². The maximum atomic E-state index is 11.5. The smallest absolute Gasteiger partial charge is 0.329 e. The van der Waals surface area contributed by atoms with Gasteiger partial charge in [0.15, 0.2) is 4.87 Å². The van der Waals surface area contributed by atoms with Gasteiger partial charge in [0, 0.05) is 18.6 Å². The highest BCUT2D eigenvalue weighted by molar-refractivity contribution is 6.35. The normalized spacial score (nSPS) is 20.9. The van der Waals surface area contributed by atoms with E-state index in [4.69, 9.17) is 16.3 Å². The van der Waals surface area contributed by atoms with Crippen LogP contribution in [-0.4, -0.2) is 41.0 Å². The molecule has 3 nitrogen and oxygen atoms in total. The predicted molar refractivity (Wildman–Crippen MR) is 61.2 cm³/mol. The third-order valence-corrected chi connectivity index (χ3v) is 3.64. The maximum Gasteiger partial charge on any atom is 0.329 e. The van der Waals surface area contributed by atoms with Gasteiger partial charge in [0.2, 0.25) is 0 Å². The fraction of sp³-hybridized carbons (Fsp3) is 0.909. The van der Waals surface area contributed by atoms with E-state index in [2.05, 4.69) is 25.7 Å². The highest BCUT2D eigenvalue weighted by Gasteiger charge is 2.52. The summed E-state index contributed by atoms with van der Waals surface area (Å²) in [5.41, 5.74) is 0.116. The molecule has 1 rings (SSSR count). The molecule has 1 aliphatic heterocycles. The van der Waals surface area contributed by atoms with Crippen molar-refractivity contribution in [1.82, 2.24) is 4.90 Å². The van der Waals surface area contributed by atoms with E-state index in [9.17, 15) is 4.79 Å². The van der Waals surface area contributed by atoms with Crippen molar-refractivity contribution in [2.24, 2.45) is 0 Å². The van der Waals surface area contributed by atoms with Crippen molar-refractivity contribution < 1.29 is 9.53 Å². The second-order valence-electron chi connectivity index (χ2n) is 4.71. The van der Waals surface area contributed by atoms with Crippen molar-refractivity contribution in [3.8, 4) is 0 Å². The number of carbonyl (C=O) groups excluding carboxylic acids is 1. The van der Waals surface area contributed by atoms with E-state index in [0.29, 0.717) is 19.7 Å². The van der Waals surface area contributed by atoms with Gasteiger partial charge in [-0.3, -0.25) is 9.69 Å². The molecule has 4 heteroatoms. The molecule has 0 amide bonds. The lowest BCUT2D eigenvalue weighted by molar-refractivity contribution is -0.153. The summed E-state index contributed by atoms with van der Waals surface area (Å²) in [6.07, 6.45) is 1.04. The van der Waals surface area contributed by atoms with E-state index >= 15 is 0 Å². The Kier molecular flexibility index (Phi) is 3.67. The monoisotopic (exact) mass is 233 g/mol. The number of ether oxygens (including phenoxy) is 1. The van der Waals surface area contributed by atoms with Crippen molar-refractivity contribution in [2.75, 3.05) is 19.7 Å². The molecule has 0 spiro atoms. The summed E-state index contributed by atoms with van der Waals surface area (Å²) in [5.74, 6) is -0.283. The topological polar surface area (TPSA) is 29.5 Å². The Hall–Kier alpha value is -0.280. The highest BCUT2D eigenvalue weighted by Crippen LogP contribution is 2.36. The second kappa shape index (κ2) is 4.30. The molecule has 1 fully saturated rings. The number of esters is 1. The molecule has 0 bridgehead atoms. The summed E-state index contributed by atoms with van der Waals surface area (Å²) in [6.45, 7) is 9.83. The van der Waals surface area contributed by atoms with E-state index in [-0.39, 0.29) is 11.5 Å². The minimum Gasteiger partial charge on any atom is -0.465 e. The number of likely N-dealkylation sites (tertiary alicyclic amines) is 1. The van der Waals surface area contributed by atoms with Crippen LogP contribution in [0.1, 0.15) is 34.1 Å². The molecule has 1 saturated heterocycles. The van der Waals surface area contributed by atoms with E-state index in [1.165, 1.54) is 0 Å². The van der Waals surface area contributed by atoms with E-state index in [0.717, 1.165) is 6.42 Å². The van der Waals surface area contributed by atoms with E-state index < -0.39 is 4.87 Å². The Labute approximate surface area is 96.7 Å². The van der Waals surface area contributed by atoms with Crippen LogP contribution in [0.25, 0.3) is 0 Å². The largest absolute Gasteiger partial charge is 0.465 e. The Morgan fingerprint density at radius 3 is 2.40 bits per heavy atom. The Morgan fingerprint density at radius 2 is 2.00 bits per heavy atom. The van der Waals surface area contributed by atoms with E-state index in [1.807, 2.05) is 0 Å². The van der Waals surface area contributed by atoms with Gasteiger partial charge >= 0.3 is 5.97 Å². The third kappa shape index (κ3) is 2.45. The maximum absolute atomic E-state index is 11.5. The van der Waals surface area contributed by atoms with Gasteiger partial charge in [-0.25, -0.2) is 0 Å². The molecule has 1 heterocycles. The van der Waals surface area contributed by atoms with Crippen LogP contribution in [0.15, 0.2) is 0 Å². The summed E-state index contributed by atoms with van der Waals surface area (Å²) in [6, 6.07) is 0. The van der Waals surface area contributed by atoms with Gasteiger partial charge < -0.3 is 4.74 Å². The molecule has 0 radical (unpaired) electrons. The average Bonchev–Trinajstić information content (AvgIpc) is 2.13. The number of rotatable bonds is 4. The van der Waals surface area contributed by atoms with Crippen LogP contribution >= 0.6 is 11.6 Å². The Bertz CT molecular complexity index is 247. The fourth-order valence-electron chi connectivity index (χ4n) is 1.60. The minimum absolute atomic E-state index is 0.116. The van der Waals surface area contributed by atoms with Crippen LogP contribution in [0.4, 0.5) is 0 Å². The number of hydrogen-bond acceptors (Lipinski definition) is 3. The van der Waals surface area contributed by atoms with Gasteiger partial charge in [-0.1, -0.05) is 6.92 Å². The van der Waals surface area contributed by atoms with Gasteiger partial charge in [-0.15, -0.1) is 11.6 Å². The molecule has 0 saturated carbocycles. The van der Waals surface area contributed by atoms with Crippen molar-refractivity contribution in [3.63, 3.8) is 0 Å². The zero-order valence-electron chi connectivity index (χ0n) is 9.97. The summed E-state index contributed by atoms with van der Waals surface area (Å²) in [7, 11) is 0. The van der Waals surface area contributed by atoms with Crippen LogP contribution in [0, 0.1) is 0 Å². The van der Waals surface area contributed by atoms with Crippen LogP contribution < -0.4 is 0 Å². The van der Waals surface area contributed by atoms with Crippen molar-refractivity contribution in [1.29, 1.82) is 0 Å². The minimum atomic E-state index is -0.803. The van der Waals surface area contributed by atoms with Crippen molar-refractivity contribution in [2.45, 2.75) is 44.5 Å². The molecule has 0 aromatic carbocycles. The number of hydrogen-bond donors (Lipinski definition) is 0. The molecule has 0 aromatic rings. The second-order valence-corrected chi connectivity index (χ2v) is 5.43. The molecule has 15 heavy (non-hydrogen) atoms. The van der Waals surface area contributed by atoms with Gasteiger partial charge in [0.1, 0.15) is 0 Å². The van der Waals surface area contributed by atoms with Crippen molar-refractivity contribution in [3.05, 3.63) is 0 Å². The number of carbonyl (C=O) groups is 1. The van der Waals surface area contributed by atoms with Crippen LogP contribution in [0.2, 0.25) is 0 Å². The molecule has 88 valence electrons. The van der Waals surface area contributed by atoms with Gasteiger partial charge in [0.25, 0.3) is 0 Å². The zero-order valence-corrected chi connectivity index (χ0v) is 10.7. The molecule has 0 aliphatic carbocycles. The van der Waals surface area contributed by atoms with Crippen LogP contribution in [0.3, 0.4) is 0 Å². The molecular formula is C11H20ClNO2. The lowest BCUT2D eigenvalue weighted by Crippen LogP contribution is -2.68. The molecule has 0 unspecified atom stereocenters. The average molecular weight is 234 g/mol. The summed E-state index contributed by atoms with van der Waals surface area (Å²) in [4.78, 5) is 12.9. The lowest BCUT2D eigenvalue weighted by atomic mass is 9.89. The third-order valence-electron chi connectivity index (χ3n) is 3.25. The fourth-order valence-corrected chi connectivity index (χ4v) is 1.94. The first-order valence-corrected chi connectivity index (χ1v) is 5.84.